The first-order chi connectivity index (χ1) is 6.27. The summed E-state index contributed by atoms with van der Waals surface area (Å²) in [6.07, 6.45) is 4.50. The Morgan fingerprint density at radius 2 is 2.54 bits per heavy atom. The Kier molecular flexibility index (Phi) is 4.42. The van der Waals surface area contributed by atoms with Gasteiger partial charge in [0.15, 0.2) is 0 Å². The van der Waals surface area contributed by atoms with Crippen molar-refractivity contribution in [3.8, 4) is 0 Å². The Hall–Kier alpha value is -0.380. The zero-order chi connectivity index (χ0) is 9.68. The van der Waals surface area contributed by atoms with Gasteiger partial charge in [-0.2, -0.15) is 0 Å². The minimum absolute atomic E-state index is 0.245. The molecular weight excluding hydrogens is 164 g/mol. The number of ether oxygens (including phenoxy) is 1. The average Bonchev–Trinajstić information content (AvgIpc) is 2.66. The fourth-order valence-electron chi connectivity index (χ4n) is 1.67. The van der Waals surface area contributed by atoms with Crippen LogP contribution in [0.15, 0.2) is 12.2 Å². The number of hydrogen-bond acceptors (Lipinski definition) is 3. The van der Waals surface area contributed by atoms with Crippen LogP contribution in [0.4, 0.5) is 0 Å². The smallest absolute Gasteiger partial charge is 0.0745 e. The van der Waals surface area contributed by atoms with E-state index in [1.54, 1.807) is 0 Å². The van der Waals surface area contributed by atoms with Crippen molar-refractivity contribution in [2.24, 2.45) is 5.84 Å². The highest BCUT2D eigenvalue weighted by molar-refractivity contribution is 4.98. The largest absolute Gasteiger partial charge is 0.377 e. The lowest BCUT2D eigenvalue weighted by Gasteiger charge is -2.22. The molecule has 1 rings (SSSR count). The van der Waals surface area contributed by atoms with Crippen molar-refractivity contribution in [1.82, 2.24) is 5.43 Å². The molecule has 0 aromatic rings. The molecule has 1 aliphatic rings. The molecule has 3 nitrogen and oxygen atoms in total. The normalized spacial score (nSPS) is 24.6. The van der Waals surface area contributed by atoms with Gasteiger partial charge in [-0.1, -0.05) is 19.1 Å². The van der Waals surface area contributed by atoms with Gasteiger partial charge in [0, 0.05) is 6.61 Å². The molecule has 0 aromatic carbocycles. The van der Waals surface area contributed by atoms with Crippen molar-refractivity contribution < 1.29 is 4.74 Å². The number of nitrogens with one attached hydrogen (secondary N) is 1. The van der Waals surface area contributed by atoms with E-state index in [1.807, 2.05) is 0 Å². The Balaban J connectivity index is 2.37. The second-order valence-electron chi connectivity index (χ2n) is 3.63. The van der Waals surface area contributed by atoms with Crippen molar-refractivity contribution in [2.75, 3.05) is 6.61 Å². The van der Waals surface area contributed by atoms with Crippen LogP contribution in [0.2, 0.25) is 0 Å². The molecule has 1 saturated heterocycles. The quantitative estimate of drug-likeness (QED) is 0.385. The van der Waals surface area contributed by atoms with Crippen molar-refractivity contribution in [3.05, 3.63) is 12.2 Å². The second-order valence-corrected chi connectivity index (χ2v) is 3.63. The summed E-state index contributed by atoms with van der Waals surface area (Å²) in [5.74, 6) is 5.48. The first-order valence-electron chi connectivity index (χ1n) is 5.02. The highest BCUT2D eigenvalue weighted by Gasteiger charge is 2.24. The Morgan fingerprint density at radius 3 is 3.00 bits per heavy atom. The topological polar surface area (TPSA) is 47.3 Å². The predicted molar refractivity (Wildman–Crippen MR) is 54.1 cm³/mol. The summed E-state index contributed by atoms with van der Waals surface area (Å²) in [5.41, 5.74) is 4.06. The number of nitrogens with two attached hydrogens (primary N) is 1. The minimum atomic E-state index is 0.245. The number of hydrogen-bond donors (Lipinski definition) is 2. The summed E-state index contributed by atoms with van der Waals surface area (Å²) < 4.78 is 5.57. The summed E-state index contributed by atoms with van der Waals surface area (Å²) in [7, 11) is 0. The maximum absolute atomic E-state index is 5.57. The van der Waals surface area contributed by atoms with Crippen molar-refractivity contribution in [3.63, 3.8) is 0 Å². The second kappa shape index (κ2) is 5.37. The summed E-state index contributed by atoms with van der Waals surface area (Å²) >= 11 is 0. The molecule has 0 radical (unpaired) electrons. The van der Waals surface area contributed by atoms with Gasteiger partial charge in [0.2, 0.25) is 0 Å². The van der Waals surface area contributed by atoms with Crippen molar-refractivity contribution in [1.29, 1.82) is 0 Å². The lowest BCUT2D eigenvalue weighted by Crippen LogP contribution is -2.43. The first kappa shape index (κ1) is 10.7. The molecule has 13 heavy (non-hydrogen) atoms. The van der Waals surface area contributed by atoms with E-state index in [4.69, 9.17) is 10.6 Å². The molecule has 1 heterocycles. The molecule has 0 saturated carbocycles. The van der Waals surface area contributed by atoms with Gasteiger partial charge < -0.3 is 4.74 Å². The third kappa shape index (κ3) is 3.10. The summed E-state index contributed by atoms with van der Waals surface area (Å²) in [4.78, 5) is 0. The van der Waals surface area contributed by atoms with Crippen molar-refractivity contribution >= 4 is 0 Å². The molecule has 76 valence electrons. The highest BCUT2D eigenvalue weighted by atomic mass is 16.5. The van der Waals surface area contributed by atoms with E-state index in [0.717, 1.165) is 32.3 Å². The molecule has 2 unspecified atom stereocenters. The predicted octanol–water partition coefficient (Wildman–Crippen LogP) is 1.35. The molecule has 0 aromatic heterocycles. The van der Waals surface area contributed by atoms with E-state index in [0.29, 0.717) is 0 Å². The molecule has 1 fully saturated rings. The van der Waals surface area contributed by atoms with E-state index in [9.17, 15) is 0 Å². The van der Waals surface area contributed by atoms with E-state index < -0.39 is 0 Å². The van der Waals surface area contributed by atoms with Gasteiger partial charge in [-0.15, -0.1) is 0 Å². The Bertz CT molecular complexity index is 164. The fourth-order valence-corrected chi connectivity index (χ4v) is 1.67. The number of rotatable bonds is 5. The lowest BCUT2D eigenvalue weighted by molar-refractivity contribution is 0.0783. The lowest BCUT2D eigenvalue weighted by atomic mass is 10.00. The fraction of sp³-hybridized carbons (Fsp3) is 0.800. The summed E-state index contributed by atoms with van der Waals surface area (Å²) in [5, 5.41) is 0. The van der Waals surface area contributed by atoms with E-state index in [2.05, 4.69) is 18.9 Å². The third-order valence-electron chi connectivity index (χ3n) is 2.64. The van der Waals surface area contributed by atoms with Crippen LogP contribution in [0.5, 0.6) is 0 Å². The third-order valence-corrected chi connectivity index (χ3v) is 2.64. The SMILES string of the molecule is C=C(CC)CC(NN)C1CCCO1. The molecule has 2 atom stereocenters. The van der Waals surface area contributed by atoms with Crippen molar-refractivity contribution in [2.45, 2.75) is 44.8 Å². The van der Waals surface area contributed by atoms with Gasteiger partial charge in [0.1, 0.15) is 0 Å². The van der Waals surface area contributed by atoms with Gasteiger partial charge in [0.05, 0.1) is 12.1 Å². The standard InChI is InChI=1S/C10H20N2O/c1-3-8(2)7-9(12-11)10-5-4-6-13-10/h9-10,12H,2-7,11H2,1H3. The van der Waals surface area contributed by atoms with E-state index in [-0.39, 0.29) is 12.1 Å². The molecular formula is C10H20N2O. The van der Waals surface area contributed by atoms with Gasteiger partial charge in [-0.3, -0.25) is 11.3 Å². The van der Waals surface area contributed by atoms with Crippen LogP contribution in [0.1, 0.15) is 32.6 Å². The van der Waals surface area contributed by atoms with E-state index in [1.165, 1.54) is 5.57 Å². The highest BCUT2D eigenvalue weighted by Crippen LogP contribution is 2.20. The molecule has 0 amide bonds. The molecule has 0 bridgehead atoms. The minimum Gasteiger partial charge on any atom is -0.377 e. The van der Waals surface area contributed by atoms with E-state index >= 15 is 0 Å². The maximum Gasteiger partial charge on any atom is 0.0745 e. The van der Waals surface area contributed by atoms with Gasteiger partial charge in [-0.05, 0) is 25.7 Å². The van der Waals surface area contributed by atoms with Crippen LogP contribution in [0.25, 0.3) is 0 Å². The average molecular weight is 184 g/mol. The first-order valence-corrected chi connectivity index (χ1v) is 5.02. The monoisotopic (exact) mass is 184 g/mol. The summed E-state index contributed by atoms with van der Waals surface area (Å²) in [6, 6.07) is 0.245. The molecule has 0 spiro atoms. The van der Waals surface area contributed by atoms with Crippen LogP contribution in [-0.2, 0) is 4.74 Å². The van der Waals surface area contributed by atoms with Crippen LogP contribution in [0.3, 0.4) is 0 Å². The number of hydrazine groups is 1. The van der Waals surface area contributed by atoms with Crippen LogP contribution >= 0.6 is 0 Å². The zero-order valence-corrected chi connectivity index (χ0v) is 8.38. The van der Waals surface area contributed by atoms with Gasteiger partial charge >= 0.3 is 0 Å². The molecule has 3 N–H and O–H groups in total. The maximum atomic E-state index is 5.57. The molecule has 1 aliphatic heterocycles. The van der Waals surface area contributed by atoms with Gasteiger partial charge in [-0.25, -0.2) is 0 Å². The van der Waals surface area contributed by atoms with Crippen LogP contribution < -0.4 is 11.3 Å². The Labute approximate surface area is 80.3 Å². The molecule has 0 aliphatic carbocycles. The Morgan fingerprint density at radius 1 is 1.77 bits per heavy atom. The van der Waals surface area contributed by atoms with Crippen LogP contribution in [-0.4, -0.2) is 18.8 Å². The zero-order valence-electron chi connectivity index (χ0n) is 8.38. The molecule has 3 heteroatoms. The summed E-state index contributed by atoms with van der Waals surface area (Å²) in [6.45, 7) is 6.97. The van der Waals surface area contributed by atoms with Crippen LogP contribution in [0, 0.1) is 0 Å². The van der Waals surface area contributed by atoms with Gasteiger partial charge in [0.25, 0.3) is 0 Å².